The number of fused-ring (bicyclic) bond motifs is 2. The first kappa shape index (κ1) is 21.4. The number of hydrogen-bond acceptors (Lipinski definition) is 5. The smallest absolute Gasteiger partial charge is 0.290 e. The monoisotopic (exact) mass is 444 g/mol. The van der Waals surface area contributed by atoms with Crippen molar-refractivity contribution in [1.82, 2.24) is 15.3 Å². The minimum Gasteiger partial charge on any atom is -0.455 e. The van der Waals surface area contributed by atoms with E-state index in [4.69, 9.17) is 4.42 Å². The summed E-state index contributed by atoms with van der Waals surface area (Å²) in [5.74, 6) is 0.785. The summed E-state index contributed by atoms with van der Waals surface area (Å²) in [6.07, 6.45) is 5.53. The van der Waals surface area contributed by atoms with Crippen LogP contribution in [0, 0.1) is 6.92 Å². The van der Waals surface area contributed by atoms with Gasteiger partial charge in [-0.15, -0.1) is 0 Å². The number of piperidine rings is 1. The molecule has 1 saturated heterocycles. The third-order valence-corrected chi connectivity index (χ3v) is 6.71. The number of aryl methyl sites for hydroxylation is 1. The molecular formula is C26H28N4O3. The van der Waals surface area contributed by atoms with Crippen molar-refractivity contribution in [3.8, 4) is 0 Å². The number of likely N-dealkylation sites (tertiary alicyclic amines) is 1. The number of benzene rings is 1. The van der Waals surface area contributed by atoms with E-state index in [1.807, 2.05) is 42.2 Å². The minimum absolute atomic E-state index is 0.0437. The molecule has 2 aromatic heterocycles. The van der Waals surface area contributed by atoms with Gasteiger partial charge >= 0.3 is 0 Å². The molecule has 2 aliphatic rings. The molecule has 7 nitrogen and oxygen atoms in total. The summed E-state index contributed by atoms with van der Waals surface area (Å²) < 4.78 is 6.07. The topological polar surface area (TPSA) is 87.8 Å². The lowest BCUT2D eigenvalue weighted by Crippen LogP contribution is -2.42. The van der Waals surface area contributed by atoms with E-state index in [1.165, 1.54) is 0 Å². The Balaban J connectivity index is 1.39. The lowest BCUT2D eigenvalue weighted by atomic mass is 9.93. The van der Waals surface area contributed by atoms with E-state index < -0.39 is 0 Å². The van der Waals surface area contributed by atoms with E-state index in [9.17, 15) is 9.59 Å². The molecule has 1 unspecified atom stereocenters. The van der Waals surface area contributed by atoms with Crippen LogP contribution in [0.3, 0.4) is 0 Å². The van der Waals surface area contributed by atoms with Crippen LogP contribution in [0.25, 0.3) is 10.9 Å². The molecule has 1 aliphatic heterocycles. The molecule has 1 N–H and O–H groups in total. The lowest BCUT2D eigenvalue weighted by Gasteiger charge is -2.32. The lowest BCUT2D eigenvalue weighted by molar-refractivity contribution is 0.0600. The van der Waals surface area contributed by atoms with Crippen molar-refractivity contribution >= 4 is 28.4 Å². The summed E-state index contributed by atoms with van der Waals surface area (Å²) in [5.41, 5.74) is 6.15. The standard InChI is InChI=1S/C26H28N4O3/c1-16-8-5-6-15-30(16)26(32)24-17(2)23-20(11-7-12-22(23)33-24)28-29-25(31)21-14-13-18-9-3-4-10-19(18)27-21/h3-4,9-10,13-14,16H,5-8,11-12,15H2,1-2H3,(H,29,31)/b28-20+. The number of nitrogens with zero attached hydrogens (tertiary/aromatic N) is 3. The molecule has 1 aliphatic carbocycles. The molecule has 3 heterocycles. The molecule has 5 rings (SSSR count). The van der Waals surface area contributed by atoms with Gasteiger partial charge in [-0.3, -0.25) is 9.59 Å². The van der Waals surface area contributed by atoms with Gasteiger partial charge < -0.3 is 9.32 Å². The third-order valence-electron chi connectivity index (χ3n) is 6.71. The molecule has 7 heteroatoms. The molecule has 1 fully saturated rings. The zero-order valence-electron chi connectivity index (χ0n) is 19.1. The maximum Gasteiger partial charge on any atom is 0.290 e. The molecule has 1 atom stereocenters. The molecular weight excluding hydrogens is 416 g/mol. The zero-order chi connectivity index (χ0) is 22.9. The Labute approximate surface area is 192 Å². The third kappa shape index (κ3) is 4.03. The molecule has 0 radical (unpaired) electrons. The fourth-order valence-corrected chi connectivity index (χ4v) is 4.88. The summed E-state index contributed by atoms with van der Waals surface area (Å²) in [6, 6.07) is 11.5. The summed E-state index contributed by atoms with van der Waals surface area (Å²) in [5, 5.41) is 5.41. The fraction of sp³-hybridized carbons (Fsp3) is 0.385. The van der Waals surface area contributed by atoms with E-state index in [-0.39, 0.29) is 17.9 Å². The fourth-order valence-electron chi connectivity index (χ4n) is 4.88. The Kier molecular flexibility index (Phi) is 5.70. The normalized spacial score (nSPS) is 19.5. The van der Waals surface area contributed by atoms with Gasteiger partial charge in [-0.2, -0.15) is 5.10 Å². The second-order valence-electron chi connectivity index (χ2n) is 8.94. The molecule has 0 bridgehead atoms. The zero-order valence-corrected chi connectivity index (χ0v) is 19.1. The largest absolute Gasteiger partial charge is 0.455 e. The predicted octanol–water partition coefficient (Wildman–Crippen LogP) is 4.62. The van der Waals surface area contributed by atoms with Gasteiger partial charge in [0.2, 0.25) is 0 Å². The van der Waals surface area contributed by atoms with Crippen molar-refractivity contribution in [2.45, 2.75) is 58.4 Å². The van der Waals surface area contributed by atoms with Crippen LogP contribution in [-0.4, -0.2) is 40.0 Å². The van der Waals surface area contributed by atoms with E-state index >= 15 is 0 Å². The molecule has 33 heavy (non-hydrogen) atoms. The Hall–Kier alpha value is -3.48. The molecule has 0 saturated carbocycles. The van der Waals surface area contributed by atoms with Crippen LogP contribution < -0.4 is 5.43 Å². The van der Waals surface area contributed by atoms with Crippen molar-refractivity contribution < 1.29 is 14.0 Å². The maximum absolute atomic E-state index is 13.2. The van der Waals surface area contributed by atoms with Crippen molar-refractivity contribution in [1.29, 1.82) is 0 Å². The second-order valence-corrected chi connectivity index (χ2v) is 8.94. The van der Waals surface area contributed by atoms with Crippen LogP contribution in [0.4, 0.5) is 0 Å². The number of furan rings is 1. The predicted molar refractivity (Wildman–Crippen MR) is 126 cm³/mol. The first-order valence-corrected chi connectivity index (χ1v) is 11.7. The number of carbonyl (C=O) groups is 2. The number of nitrogens with one attached hydrogen (secondary N) is 1. The van der Waals surface area contributed by atoms with E-state index in [2.05, 4.69) is 22.4 Å². The van der Waals surface area contributed by atoms with Crippen LogP contribution in [0.2, 0.25) is 0 Å². The minimum atomic E-state index is -0.361. The Morgan fingerprint density at radius 3 is 2.82 bits per heavy atom. The maximum atomic E-state index is 13.2. The van der Waals surface area contributed by atoms with Crippen LogP contribution in [0.15, 0.2) is 45.9 Å². The van der Waals surface area contributed by atoms with E-state index in [0.29, 0.717) is 17.9 Å². The van der Waals surface area contributed by atoms with Crippen molar-refractivity contribution in [3.05, 3.63) is 64.7 Å². The van der Waals surface area contributed by atoms with Gasteiger partial charge in [0.15, 0.2) is 5.76 Å². The average Bonchev–Trinajstić information content (AvgIpc) is 3.19. The molecule has 1 aromatic carbocycles. The summed E-state index contributed by atoms with van der Waals surface area (Å²) in [6.45, 7) is 4.77. The van der Waals surface area contributed by atoms with Gasteiger partial charge in [-0.05, 0) is 58.1 Å². The highest BCUT2D eigenvalue weighted by atomic mass is 16.4. The van der Waals surface area contributed by atoms with Gasteiger partial charge in [0.1, 0.15) is 11.5 Å². The molecule has 2 amide bonds. The summed E-state index contributed by atoms with van der Waals surface area (Å²) in [4.78, 5) is 32.3. The quantitative estimate of drug-likeness (QED) is 0.597. The van der Waals surface area contributed by atoms with Gasteiger partial charge in [-0.25, -0.2) is 10.4 Å². The number of aromatic nitrogens is 1. The highest BCUT2D eigenvalue weighted by Crippen LogP contribution is 2.31. The molecule has 170 valence electrons. The number of hydrogen-bond donors (Lipinski definition) is 1. The van der Waals surface area contributed by atoms with Gasteiger partial charge in [0.25, 0.3) is 11.8 Å². The van der Waals surface area contributed by atoms with Gasteiger partial charge in [0, 0.05) is 35.5 Å². The van der Waals surface area contributed by atoms with Crippen LogP contribution in [0.1, 0.15) is 77.0 Å². The number of rotatable bonds is 3. The van der Waals surface area contributed by atoms with Gasteiger partial charge in [-0.1, -0.05) is 24.3 Å². The number of carbonyl (C=O) groups excluding carboxylic acids is 2. The average molecular weight is 445 g/mol. The van der Waals surface area contributed by atoms with Crippen LogP contribution in [-0.2, 0) is 6.42 Å². The Bertz CT molecular complexity index is 1260. The number of hydrazone groups is 1. The van der Waals surface area contributed by atoms with Crippen molar-refractivity contribution in [2.24, 2.45) is 5.10 Å². The van der Waals surface area contributed by atoms with Crippen LogP contribution in [0.5, 0.6) is 0 Å². The first-order chi connectivity index (χ1) is 16.0. The summed E-state index contributed by atoms with van der Waals surface area (Å²) in [7, 11) is 0. The van der Waals surface area contributed by atoms with E-state index in [0.717, 1.165) is 72.2 Å². The first-order valence-electron chi connectivity index (χ1n) is 11.7. The Morgan fingerprint density at radius 2 is 1.97 bits per heavy atom. The molecule has 0 spiro atoms. The van der Waals surface area contributed by atoms with E-state index in [1.54, 1.807) is 6.07 Å². The van der Waals surface area contributed by atoms with Crippen molar-refractivity contribution in [3.63, 3.8) is 0 Å². The highest BCUT2D eigenvalue weighted by molar-refractivity contribution is 6.07. The molecule has 3 aromatic rings. The SMILES string of the molecule is Cc1c(C(=O)N2CCCCC2C)oc2c1/C(=N/NC(=O)c1ccc3ccccc3n1)CCC2. The van der Waals surface area contributed by atoms with Crippen molar-refractivity contribution in [2.75, 3.05) is 6.54 Å². The number of para-hydroxylation sites is 1. The second kappa shape index (κ2) is 8.81. The van der Waals surface area contributed by atoms with Crippen LogP contribution >= 0.6 is 0 Å². The number of pyridine rings is 1. The number of amides is 2. The Morgan fingerprint density at radius 1 is 1.12 bits per heavy atom. The van der Waals surface area contributed by atoms with Gasteiger partial charge in [0.05, 0.1) is 11.2 Å². The summed E-state index contributed by atoms with van der Waals surface area (Å²) >= 11 is 0. The highest BCUT2D eigenvalue weighted by Gasteiger charge is 2.32.